The fourth-order valence-electron chi connectivity index (χ4n) is 3.34. The van der Waals surface area contributed by atoms with Gasteiger partial charge in [0.05, 0.1) is 5.69 Å². The molecule has 6 heteroatoms. The molecule has 0 aliphatic carbocycles. The molecule has 0 radical (unpaired) electrons. The Morgan fingerprint density at radius 2 is 1.96 bits per heavy atom. The van der Waals surface area contributed by atoms with Crippen LogP contribution in [0.2, 0.25) is 5.15 Å². The molecule has 0 spiro atoms. The SMILES string of the molecule is Cc1cccc(CN2CCN(Cc3c(C)nn(C)c3Cl)CCC2=O)c1. The Labute approximate surface area is 154 Å². The third-order valence-corrected chi connectivity index (χ3v) is 5.26. The van der Waals surface area contributed by atoms with Crippen molar-refractivity contribution in [3.63, 3.8) is 0 Å². The van der Waals surface area contributed by atoms with Crippen LogP contribution in [0.3, 0.4) is 0 Å². The summed E-state index contributed by atoms with van der Waals surface area (Å²) in [5, 5.41) is 5.06. The highest BCUT2D eigenvalue weighted by Gasteiger charge is 2.23. The van der Waals surface area contributed by atoms with Gasteiger partial charge >= 0.3 is 0 Å². The summed E-state index contributed by atoms with van der Waals surface area (Å²) in [4.78, 5) is 16.8. The number of nitrogens with zero attached hydrogens (tertiary/aromatic N) is 4. The van der Waals surface area contributed by atoms with Gasteiger partial charge in [0.15, 0.2) is 0 Å². The van der Waals surface area contributed by atoms with E-state index in [4.69, 9.17) is 11.6 Å². The van der Waals surface area contributed by atoms with Crippen LogP contribution in [-0.2, 0) is 24.9 Å². The molecule has 0 saturated carbocycles. The second-order valence-corrected chi connectivity index (χ2v) is 7.17. The van der Waals surface area contributed by atoms with Gasteiger partial charge in [-0.05, 0) is 19.4 Å². The minimum absolute atomic E-state index is 0.220. The van der Waals surface area contributed by atoms with Crippen LogP contribution in [0.15, 0.2) is 24.3 Å². The van der Waals surface area contributed by atoms with Crippen LogP contribution in [0.1, 0.15) is 28.8 Å². The van der Waals surface area contributed by atoms with Crippen LogP contribution in [0.25, 0.3) is 0 Å². The summed E-state index contributed by atoms with van der Waals surface area (Å²) in [5.41, 5.74) is 4.43. The normalized spacial score (nSPS) is 16.3. The highest BCUT2D eigenvalue weighted by atomic mass is 35.5. The van der Waals surface area contributed by atoms with E-state index in [1.165, 1.54) is 11.1 Å². The van der Waals surface area contributed by atoms with Crippen molar-refractivity contribution in [3.8, 4) is 0 Å². The molecular formula is C19H25ClN4O. The molecule has 3 rings (SSSR count). The van der Waals surface area contributed by atoms with Gasteiger partial charge in [0.1, 0.15) is 5.15 Å². The Balaban J connectivity index is 1.65. The van der Waals surface area contributed by atoms with E-state index in [2.05, 4.69) is 35.1 Å². The quantitative estimate of drug-likeness (QED) is 0.841. The van der Waals surface area contributed by atoms with Gasteiger partial charge in [-0.2, -0.15) is 5.10 Å². The maximum atomic E-state index is 12.5. The molecule has 0 bridgehead atoms. The Hall–Kier alpha value is -1.85. The topological polar surface area (TPSA) is 41.4 Å². The summed E-state index contributed by atoms with van der Waals surface area (Å²) < 4.78 is 1.71. The van der Waals surface area contributed by atoms with Gasteiger partial charge in [-0.25, -0.2) is 0 Å². The van der Waals surface area contributed by atoms with Crippen LogP contribution in [0.4, 0.5) is 0 Å². The standard InChI is InChI=1S/C19H25ClN4O/c1-14-5-4-6-16(11-14)12-24-10-9-23(8-7-18(24)25)13-17-15(2)21-22(3)19(17)20/h4-6,11H,7-10,12-13H2,1-3H3. The molecule has 1 aliphatic heterocycles. The Morgan fingerprint density at radius 1 is 1.16 bits per heavy atom. The molecule has 1 amide bonds. The molecule has 1 saturated heterocycles. The summed E-state index contributed by atoms with van der Waals surface area (Å²) in [6.45, 7) is 7.83. The Kier molecular flexibility index (Phi) is 5.45. The molecule has 5 nitrogen and oxygen atoms in total. The second-order valence-electron chi connectivity index (χ2n) is 6.81. The van der Waals surface area contributed by atoms with Crippen molar-refractivity contribution in [3.05, 3.63) is 51.8 Å². The van der Waals surface area contributed by atoms with Crippen molar-refractivity contribution in [2.45, 2.75) is 33.4 Å². The number of hydrogen-bond acceptors (Lipinski definition) is 3. The molecule has 25 heavy (non-hydrogen) atoms. The van der Waals surface area contributed by atoms with Crippen LogP contribution < -0.4 is 0 Å². The minimum Gasteiger partial charge on any atom is -0.337 e. The van der Waals surface area contributed by atoms with Crippen molar-refractivity contribution < 1.29 is 4.79 Å². The van der Waals surface area contributed by atoms with Crippen molar-refractivity contribution in [1.82, 2.24) is 19.6 Å². The zero-order valence-corrected chi connectivity index (χ0v) is 15.9. The molecule has 1 aromatic carbocycles. The Bertz CT molecular complexity index is 771. The number of rotatable bonds is 4. The number of hydrogen-bond donors (Lipinski definition) is 0. The van der Waals surface area contributed by atoms with Gasteiger partial charge in [-0.15, -0.1) is 0 Å². The van der Waals surface area contributed by atoms with Crippen molar-refractivity contribution in [2.24, 2.45) is 7.05 Å². The molecule has 1 aromatic heterocycles. The smallest absolute Gasteiger partial charge is 0.224 e. The summed E-state index contributed by atoms with van der Waals surface area (Å²) in [5.74, 6) is 0.220. The number of amides is 1. The van der Waals surface area contributed by atoms with Crippen molar-refractivity contribution in [1.29, 1.82) is 0 Å². The van der Waals surface area contributed by atoms with E-state index in [0.717, 1.165) is 37.4 Å². The van der Waals surface area contributed by atoms with Crippen LogP contribution in [-0.4, -0.2) is 45.1 Å². The first-order valence-electron chi connectivity index (χ1n) is 8.67. The average Bonchev–Trinajstić information content (AvgIpc) is 2.71. The second kappa shape index (κ2) is 7.58. The number of aryl methyl sites for hydroxylation is 3. The fourth-order valence-corrected chi connectivity index (χ4v) is 3.58. The van der Waals surface area contributed by atoms with E-state index in [1.54, 1.807) is 4.68 Å². The van der Waals surface area contributed by atoms with Crippen molar-refractivity contribution in [2.75, 3.05) is 19.6 Å². The van der Waals surface area contributed by atoms with Crippen LogP contribution in [0.5, 0.6) is 0 Å². The lowest BCUT2D eigenvalue weighted by molar-refractivity contribution is -0.130. The predicted molar refractivity (Wildman–Crippen MR) is 99.4 cm³/mol. The Morgan fingerprint density at radius 3 is 2.64 bits per heavy atom. The molecule has 2 aromatic rings. The van der Waals surface area contributed by atoms with E-state index in [1.807, 2.05) is 24.9 Å². The van der Waals surface area contributed by atoms with E-state index in [-0.39, 0.29) is 5.91 Å². The van der Waals surface area contributed by atoms with Crippen LogP contribution >= 0.6 is 11.6 Å². The zero-order valence-electron chi connectivity index (χ0n) is 15.1. The lowest BCUT2D eigenvalue weighted by atomic mass is 10.1. The third kappa shape index (κ3) is 4.22. The molecule has 2 heterocycles. The van der Waals surface area contributed by atoms with E-state index < -0.39 is 0 Å². The summed E-state index contributed by atoms with van der Waals surface area (Å²) in [6.07, 6.45) is 0.544. The fraction of sp³-hybridized carbons (Fsp3) is 0.474. The van der Waals surface area contributed by atoms with Gasteiger partial charge in [-0.1, -0.05) is 41.4 Å². The number of carbonyl (C=O) groups excluding carboxylic acids is 1. The molecule has 1 aliphatic rings. The summed E-state index contributed by atoms with van der Waals surface area (Å²) in [6, 6.07) is 8.36. The van der Waals surface area contributed by atoms with E-state index >= 15 is 0 Å². The third-order valence-electron chi connectivity index (χ3n) is 4.79. The molecule has 1 fully saturated rings. The predicted octanol–water partition coefficient (Wildman–Crippen LogP) is 2.92. The van der Waals surface area contributed by atoms with E-state index in [0.29, 0.717) is 18.1 Å². The number of aromatic nitrogens is 2. The number of halogens is 1. The first-order valence-corrected chi connectivity index (χ1v) is 9.05. The molecule has 134 valence electrons. The van der Waals surface area contributed by atoms with Gasteiger partial charge in [0, 0.05) is 51.8 Å². The maximum absolute atomic E-state index is 12.5. The van der Waals surface area contributed by atoms with Gasteiger partial charge in [-0.3, -0.25) is 14.4 Å². The van der Waals surface area contributed by atoms with E-state index in [9.17, 15) is 4.79 Å². The maximum Gasteiger partial charge on any atom is 0.224 e. The van der Waals surface area contributed by atoms with Crippen molar-refractivity contribution >= 4 is 17.5 Å². The highest BCUT2D eigenvalue weighted by molar-refractivity contribution is 6.30. The average molecular weight is 361 g/mol. The zero-order chi connectivity index (χ0) is 18.0. The minimum atomic E-state index is 0.220. The lowest BCUT2D eigenvalue weighted by Crippen LogP contribution is -2.32. The monoisotopic (exact) mass is 360 g/mol. The molecule has 0 N–H and O–H groups in total. The molecular weight excluding hydrogens is 336 g/mol. The first-order chi connectivity index (χ1) is 11.9. The highest BCUT2D eigenvalue weighted by Crippen LogP contribution is 2.21. The first kappa shape index (κ1) is 18.0. The number of benzene rings is 1. The lowest BCUT2D eigenvalue weighted by Gasteiger charge is -2.22. The molecule has 0 unspecified atom stereocenters. The molecule has 0 atom stereocenters. The summed E-state index contributed by atoms with van der Waals surface area (Å²) >= 11 is 6.35. The van der Waals surface area contributed by atoms with Gasteiger partial charge in [0.25, 0.3) is 0 Å². The van der Waals surface area contributed by atoms with Crippen LogP contribution in [0, 0.1) is 13.8 Å². The van der Waals surface area contributed by atoms with Gasteiger partial charge < -0.3 is 4.90 Å². The number of carbonyl (C=O) groups is 1. The largest absolute Gasteiger partial charge is 0.337 e. The summed E-state index contributed by atoms with van der Waals surface area (Å²) in [7, 11) is 1.86. The van der Waals surface area contributed by atoms with Gasteiger partial charge in [0.2, 0.25) is 5.91 Å².